The lowest BCUT2D eigenvalue weighted by atomic mass is 9.39. The number of nitrogens with two attached hydrogens (primary N) is 1. The van der Waals surface area contributed by atoms with Gasteiger partial charge in [-0.25, -0.2) is 14.8 Å². The van der Waals surface area contributed by atoms with Crippen LogP contribution in [-0.2, 0) is 4.74 Å². The largest absolute Gasteiger partial charge is 0.476 e. The van der Waals surface area contributed by atoms with E-state index in [4.69, 9.17) is 15.5 Å². The number of para-hydroxylation sites is 1. The first-order valence-corrected chi connectivity index (χ1v) is 20.4. The SMILES string of the molecule is CC(=NCC12CC3(C)CC(C)(C1)CC(OCCN1CCCC1)(C3)C2)/C(=C\N)c1ccc(N(C)c2cc(C)c(Nc3nc4ccccc4s3)nn2)nc1C(=O)O. The number of benzene rings is 1. The van der Waals surface area contributed by atoms with Crippen molar-refractivity contribution in [3.8, 4) is 0 Å². The van der Waals surface area contributed by atoms with Gasteiger partial charge >= 0.3 is 5.97 Å². The first kappa shape index (κ1) is 37.5. The summed E-state index contributed by atoms with van der Waals surface area (Å²) >= 11 is 1.55. The maximum atomic E-state index is 12.7. The molecule has 1 aromatic carbocycles. The minimum Gasteiger partial charge on any atom is -0.476 e. The Labute approximate surface area is 327 Å². The molecule has 4 N–H and O–H groups in total. The lowest BCUT2D eigenvalue weighted by molar-refractivity contribution is -0.242. The van der Waals surface area contributed by atoms with Gasteiger partial charge in [-0.1, -0.05) is 37.3 Å². The number of anilines is 4. The Morgan fingerprint density at radius 3 is 2.47 bits per heavy atom. The van der Waals surface area contributed by atoms with E-state index in [1.54, 1.807) is 35.4 Å². The molecule has 1 aliphatic heterocycles. The Hall–Kier alpha value is -4.46. The van der Waals surface area contributed by atoms with E-state index in [0.717, 1.165) is 66.2 Å². The second-order valence-electron chi connectivity index (χ2n) is 17.5. The highest BCUT2D eigenvalue weighted by atomic mass is 32.1. The number of aromatic nitrogens is 4. The van der Waals surface area contributed by atoms with Crippen molar-refractivity contribution in [2.24, 2.45) is 27.0 Å². The molecule has 4 aromatic rings. The number of carboxylic acids is 1. The lowest BCUT2D eigenvalue weighted by Crippen LogP contribution is -2.64. The molecule has 12 nitrogen and oxygen atoms in total. The van der Waals surface area contributed by atoms with Gasteiger partial charge in [0.2, 0.25) is 0 Å². The van der Waals surface area contributed by atoms with Gasteiger partial charge in [-0.3, -0.25) is 4.99 Å². The third-order valence-corrected chi connectivity index (χ3v) is 13.4. The summed E-state index contributed by atoms with van der Waals surface area (Å²) in [4.78, 5) is 31.4. The monoisotopic (exact) mass is 763 g/mol. The standard InChI is InChI=1S/C42H53N9O3S/c1-27-18-34(48-49-36(27)47-38-45-31-10-6-7-11-32(31)55-38)50(5)33-13-12-29(35(46-33)37(52)53)30(19-43)28(2)44-26-41-21-39(3)20-40(4,22-41)24-42(23-39,25-41)54-17-16-51-14-8-9-15-51/h6-7,10-13,18-19H,8-9,14-17,20-26,43H2,1-5H3,(H,52,53)(H,45,47,49)/b30-19+,44-28?. The molecule has 5 aliphatic rings. The van der Waals surface area contributed by atoms with Gasteiger partial charge in [-0.15, -0.1) is 10.2 Å². The number of aryl methyl sites for hydroxylation is 1. The van der Waals surface area contributed by atoms with Crippen molar-refractivity contribution in [1.82, 2.24) is 25.1 Å². The van der Waals surface area contributed by atoms with Crippen molar-refractivity contribution in [1.29, 1.82) is 0 Å². The third-order valence-electron chi connectivity index (χ3n) is 12.4. The number of aromatic carboxylic acids is 1. The summed E-state index contributed by atoms with van der Waals surface area (Å²) in [7, 11) is 1.79. The van der Waals surface area contributed by atoms with E-state index >= 15 is 0 Å². The molecule has 4 saturated carbocycles. The van der Waals surface area contributed by atoms with Crippen LogP contribution in [0.5, 0.6) is 0 Å². The quantitative estimate of drug-likeness (QED) is 0.114. The number of thiazole rings is 1. The molecule has 1 saturated heterocycles. The first-order chi connectivity index (χ1) is 26.3. The third kappa shape index (κ3) is 7.46. The van der Waals surface area contributed by atoms with E-state index in [0.29, 0.717) is 40.8 Å². The Bertz CT molecular complexity index is 2120. The van der Waals surface area contributed by atoms with Crippen LogP contribution in [0.3, 0.4) is 0 Å². The van der Waals surface area contributed by atoms with Gasteiger partial charge in [0.1, 0.15) is 5.82 Å². The minimum absolute atomic E-state index is 0.0337. The van der Waals surface area contributed by atoms with Crippen molar-refractivity contribution in [3.63, 3.8) is 0 Å². The number of pyridine rings is 1. The lowest BCUT2D eigenvalue weighted by Gasteiger charge is -2.69. The number of carbonyl (C=O) groups is 1. The van der Waals surface area contributed by atoms with Crippen LogP contribution in [0, 0.1) is 23.2 Å². The second-order valence-corrected chi connectivity index (χ2v) is 18.6. The molecular formula is C42H53N9O3S. The summed E-state index contributed by atoms with van der Waals surface area (Å²) in [6, 6.07) is 13.4. The number of fused-ring (bicyclic) bond motifs is 1. The zero-order valence-electron chi connectivity index (χ0n) is 32.7. The van der Waals surface area contributed by atoms with Crippen LogP contribution in [0.2, 0.25) is 0 Å². The fourth-order valence-corrected chi connectivity index (χ4v) is 12.1. The smallest absolute Gasteiger partial charge is 0.355 e. The van der Waals surface area contributed by atoms with Crippen molar-refractivity contribution in [2.45, 2.75) is 84.7 Å². The highest BCUT2D eigenvalue weighted by Gasteiger charge is 2.66. The Morgan fingerprint density at radius 1 is 1.04 bits per heavy atom. The van der Waals surface area contributed by atoms with Crippen LogP contribution in [0.25, 0.3) is 15.8 Å². The molecule has 290 valence electrons. The molecule has 5 fully saturated rings. The summed E-state index contributed by atoms with van der Waals surface area (Å²) in [6.07, 6.45) is 10.8. The molecule has 4 aliphatic carbocycles. The average Bonchev–Trinajstić information content (AvgIpc) is 3.80. The molecule has 4 bridgehead atoms. The van der Waals surface area contributed by atoms with Crippen LogP contribution in [0.1, 0.15) is 93.8 Å². The summed E-state index contributed by atoms with van der Waals surface area (Å²) in [5, 5.41) is 23.3. The Morgan fingerprint density at radius 2 is 1.78 bits per heavy atom. The van der Waals surface area contributed by atoms with Gasteiger partial charge in [-0.2, -0.15) is 0 Å². The molecule has 13 heteroatoms. The number of likely N-dealkylation sites (tertiary alicyclic amines) is 1. The number of allylic oxidation sites excluding steroid dienone is 1. The molecule has 0 radical (unpaired) electrons. The highest BCUT2D eigenvalue weighted by molar-refractivity contribution is 7.22. The molecular weight excluding hydrogens is 711 g/mol. The van der Waals surface area contributed by atoms with Crippen LogP contribution in [-0.4, -0.2) is 87.3 Å². The normalized spacial score (nSPS) is 27.9. The summed E-state index contributed by atoms with van der Waals surface area (Å²) in [5.74, 6) is 0.380. The summed E-state index contributed by atoms with van der Waals surface area (Å²) in [6.45, 7) is 13.6. The number of hydrogen-bond donors (Lipinski definition) is 3. The number of nitrogens with one attached hydrogen (secondary N) is 1. The van der Waals surface area contributed by atoms with Gasteiger partial charge in [0.05, 0.1) is 22.4 Å². The molecule has 9 rings (SSSR count). The predicted octanol–water partition coefficient (Wildman–Crippen LogP) is 7.99. The Kier molecular flexibility index (Phi) is 9.70. The van der Waals surface area contributed by atoms with Gasteiger partial charge in [0.15, 0.2) is 22.5 Å². The summed E-state index contributed by atoms with van der Waals surface area (Å²) < 4.78 is 8.02. The van der Waals surface area contributed by atoms with Gasteiger partial charge < -0.3 is 30.7 Å². The summed E-state index contributed by atoms with van der Waals surface area (Å²) in [5.41, 5.74) is 10.0. The fourth-order valence-electron chi connectivity index (χ4n) is 11.2. The fraction of sp³-hybridized carbons (Fsp3) is 0.524. The maximum Gasteiger partial charge on any atom is 0.355 e. The molecule has 4 heterocycles. The first-order valence-electron chi connectivity index (χ1n) is 19.5. The molecule has 2 unspecified atom stereocenters. The van der Waals surface area contributed by atoms with Crippen LogP contribution in [0.4, 0.5) is 22.6 Å². The molecule has 0 spiro atoms. The van der Waals surface area contributed by atoms with Gasteiger partial charge in [0, 0.05) is 43.2 Å². The number of carboxylic acid groups (broad SMARTS) is 1. The van der Waals surface area contributed by atoms with Crippen LogP contribution >= 0.6 is 11.3 Å². The number of nitrogens with zero attached hydrogens (tertiary/aromatic N) is 7. The van der Waals surface area contributed by atoms with E-state index < -0.39 is 5.97 Å². The Balaban J connectivity index is 0.991. The molecule has 55 heavy (non-hydrogen) atoms. The zero-order valence-corrected chi connectivity index (χ0v) is 33.5. The van der Waals surface area contributed by atoms with E-state index in [-0.39, 0.29) is 27.5 Å². The van der Waals surface area contributed by atoms with Gasteiger partial charge in [-0.05, 0) is 130 Å². The number of hydrogen-bond acceptors (Lipinski definition) is 12. The minimum atomic E-state index is -1.15. The number of ether oxygens (including phenoxy) is 1. The van der Waals surface area contributed by atoms with Crippen molar-refractivity contribution in [2.75, 3.05) is 50.1 Å². The zero-order chi connectivity index (χ0) is 38.6. The van der Waals surface area contributed by atoms with E-state index in [2.05, 4.69) is 44.2 Å². The van der Waals surface area contributed by atoms with Crippen LogP contribution < -0.4 is 16.0 Å². The molecule has 3 aromatic heterocycles. The molecule has 0 amide bonds. The average molecular weight is 764 g/mol. The number of rotatable bonds is 13. The second kappa shape index (κ2) is 14.2. The van der Waals surface area contributed by atoms with Gasteiger partial charge in [0.25, 0.3) is 0 Å². The number of aliphatic imine (C=N–C) groups is 1. The topological polar surface area (TPSA) is 155 Å². The van der Waals surface area contributed by atoms with E-state index in [1.165, 1.54) is 38.6 Å². The van der Waals surface area contributed by atoms with Crippen molar-refractivity contribution < 1.29 is 14.6 Å². The maximum absolute atomic E-state index is 12.7. The highest BCUT2D eigenvalue weighted by Crippen LogP contribution is 2.71. The van der Waals surface area contributed by atoms with Crippen LogP contribution in [0.15, 0.2) is 53.7 Å². The van der Waals surface area contributed by atoms with E-state index in [9.17, 15) is 9.90 Å². The predicted molar refractivity (Wildman–Crippen MR) is 220 cm³/mol. The van der Waals surface area contributed by atoms with Crippen molar-refractivity contribution >= 4 is 61.4 Å². The van der Waals surface area contributed by atoms with Crippen molar-refractivity contribution in [3.05, 3.63) is 65.5 Å². The molecule has 2 atom stereocenters. The van der Waals surface area contributed by atoms with E-state index in [1.807, 2.05) is 44.2 Å².